The van der Waals surface area contributed by atoms with Gasteiger partial charge in [0.2, 0.25) is 12.2 Å². The molecule has 0 saturated heterocycles. The summed E-state index contributed by atoms with van der Waals surface area (Å²) >= 11 is 1.99. The quantitative estimate of drug-likeness (QED) is 0.319. The number of carboxylic acids is 1. The molecule has 3 aromatic rings. The lowest BCUT2D eigenvalue weighted by molar-refractivity contribution is -0.157. The molecule has 3 rings (SSSR count). The van der Waals surface area contributed by atoms with Crippen LogP contribution < -0.4 is 5.32 Å². The fraction of sp³-hybridized carbons (Fsp3) is 0.0833. The Kier molecular flexibility index (Phi) is 8.14. The summed E-state index contributed by atoms with van der Waals surface area (Å²) in [6.07, 6.45) is -4.05. The molecule has 2 atom stereocenters. The molecule has 0 aliphatic heterocycles. The SMILES string of the molecule is O=C(O[C@H](C(=O)O)[C@@H](OC(=O)c1ccccc1)C(=O)Nc1ccccc1I)c1ccccc1. The number of carboxylic acid groups (broad SMARTS) is 1. The van der Waals surface area contributed by atoms with Crippen LogP contribution in [0, 0.1) is 3.57 Å². The maximum atomic E-state index is 13.0. The average molecular weight is 559 g/mol. The second-order valence-electron chi connectivity index (χ2n) is 6.69. The van der Waals surface area contributed by atoms with Gasteiger partial charge in [0.1, 0.15) is 0 Å². The number of para-hydroxylation sites is 1. The van der Waals surface area contributed by atoms with E-state index < -0.39 is 36.0 Å². The third-order valence-corrected chi connectivity index (χ3v) is 5.34. The van der Waals surface area contributed by atoms with Crippen LogP contribution in [-0.4, -0.2) is 41.1 Å². The topological polar surface area (TPSA) is 119 Å². The maximum Gasteiger partial charge on any atom is 0.349 e. The minimum Gasteiger partial charge on any atom is -0.478 e. The number of rotatable bonds is 8. The lowest BCUT2D eigenvalue weighted by Crippen LogP contribution is -2.48. The van der Waals surface area contributed by atoms with Crippen LogP contribution in [0.5, 0.6) is 0 Å². The molecular formula is C24H18INO7. The van der Waals surface area contributed by atoms with Gasteiger partial charge in [0, 0.05) is 3.57 Å². The van der Waals surface area contributed by atoms with Gasteiger partial charge in [0.25, 0.3) is 5.91 Å². The molecule has 0 aromatic heterocycles. The molecule has 0 heterocycles. The van der Waals surface area contributed by atoms with Crippen LogP contribution in [0.2, 0.25) is 0 Å². The number of esters is 2. The van der Waals surface area contributed by atoms with Gasteiger partial charge in [-0.25, -0.2) is 14.4 Å². The van der Waals surface area contributed by atoms with Crippen molar-refractivity contribution in [2.45, 2.75) is 12.2 Å². The zero-order chi connectivity index (χ0) is 23.8. The highest BCUT2D eigenvalue weighted by atomic mass is 127. The van der Waals surface area contributed by atoms with E-state index in [2.05, 4.69) is 5.32 Å². The zero-order valence-electron chi connectivity index (χ0n) is 17.0. The predicted octanol–water partition coefficient (Wildman–Crippen LogP) is 3.77. The second kappa shape index (κ2) is 11.2. The van der Waals surface area contributed by atoms with Crippen LogP contribution in [0.4, 0.5) is 5.69 Å². The summed E-state index contributed by atoms with van der Waals surface area (Å²) in [5, 5.41) is 12.3. The van der Waals surface area contributed by atoms with E-state index in [0.717, 1.165) is 0 Å². The van der Waals surface area contributed by atoms with Gasteiger partial charge in [0.15, 0.2) is 0 Å². The predicted molar refractivity (Wildman–Crippen MR) is 127 cm³/mol. The van der Waals surface area contributed by atoms with E-state index in [1.165, 1.54) is 24.3 Å². The number of hydrogen-bond donors (Lipinski definition) is 2. The number of hydrogen-bond acceptors (Lipinski definition) is 6. The molecule has 9 heteroatoms. The van der Waals surface area contributed by atoms with Crippen molar-refractivity contribution in [3.63, 3.8) is 0 Å². The molecule has 168 valence electrons. The van der Waals surface area contributed by atoms with Gasteiger partial charge in [-0.2, -0.15) is 0 Å². The van der Waals surface area contributed by atoms with Crippen LogP contribution in [0.15, 0.2) is 84.9 Å². The minimum absolute atomic E-state index is 0.0786. The monoisotopic (exact) mass is 559 g/mol. The molecule has 0 spiro atoms. The van der Waals surface area contributed by atoms with Crippen molar-refractivity contribution in [2.75, 3.05) is 5.32 Å². The number of amides is 1. The van der Waals surface area contributed by atoms with Crippen molar-refractivity contribution >= 4 is 52.1 Å². The van der Waals surface area contributed by atoms with Crippen LogP contribution >= 0.6 is 22.6 Å². The second-order valence-corrected chi connectivity index (χ2v) is 7.85. The number of aliphatic carboxylic acids is 1. The van der Waals surface area contributed by atoms with E-state index in [1.807, 2.05) is 22.6 Å². The number of ether oxygens (including phenoxy) is 2. The van der Waals surface area contributed by atoms with Gasteiger partial charge in [-0.15, -0.1) is 0 Å². The number of carbonyl (C=O) groups excluding carboxylic acids is 3. The summed E-state index contributed by atoms with van der Waals surface area (Å²) in [5.74, 6) is -4.54. The highest BCUT2D eigenvalue weighted by molar-refractivity contribution is 14.1. The van der Waals surface area contributed by atoms with Crippen molar-refractivity contribution in [2.24, 2.45) is 0 Å². The van der Waals surface area contributed by atoms with Crippen molar-refractivity contribution in [3.8, 4) is 0 Å². The first-order valence-corrected chi connectivity index (χ1v) is 10.7. The largest absolute Gasteiger partial charge is 0.478 e. The molecule has 8 nitrogen and oxygen atoms in total. The summed E-state index contributed by atoms with van der Waals surface area (Å²) in [4.78, 5) is 50.2. The molecule has 0 fully saturated rings. The van der Waals surface area contributed by atoms with Crippen molar-refractivity contribution in [3.05, 3.63) is 99.6 Å². The fourth-order valence-corrected chi connectivity index (χ4v) is 3.30. The number of anilines is 1. The Hall–Kier alpha value is -3.73. The van der Waals surface area contributed by atoms with E-state index in [0.29, 0.717) is 9.26 Å². The standard InChI is InChI=1S/C24H18INO7/c25-17-13-7-8-14-18(17)26-21(27)19(32-23(30)15-9-3-1-4-10-15)20(22(28)29)33-24(31)16-11-5-2-6-12-16/h1-14,19-20H,(H,26,27)(H,28,29)/t19-,20+/m1/s1. The highest BCUT2D eigenvalue weighted by Gasteiger charge is 2.41. The first-order valence-electron chi connectivity index (χ1n) is 9.67. The number of halogens is 1. The minimum atomic E-state index is -2.09. The summed E-state index contributed by atoms with van der Waals surface area (Å²) in [5.41, 5.74) is 0.556. The molecule has 0 aliphatic rings. The fourth-order valence-electron chi connectivity index (χ4n) is 2.78. The molecule has 3 aromatic carbocycles. The van der Waals surface area contributed by atoms with E-state index in [1.54, 1.807) is 60.7 Å². The van der Waals surface area contributed by atoms with Crippen molar-refractivity contribution in [1.82, 2.24) is 0 Å². The molecule has 0 radical (unpaired) electrons. The molecule has 33 heavy (non-hydrogen) atoms. The van der Waals surface area contributed by atoms with E-state index in [9.17, 15) is 24.3 Å². The lowest BCUT2D eigenvalue weighted by Gasteiger charge is -2.23. The van der Waals surface area contributed by atoms with Crippen LogP contribution in [0.1, 0.15) is 20.7 Å². The number of nitrogens with one attached hydrogen (secondary N) is 1. The summed E-state index contributed by atoms with van der Waals surface area (Å²) < 4.78 is 11.0. The Morgan fingerprint density at radius 2 is 1.15 bits per heavy atom. The summed E-state index contributed by atoms with van der Waals surface area (Å²) in [7, 11) is 0. The van der Waals surface area contributed by atoms with Crippen LogP contribution in [0.25, 0.3) is 0 Å². The van der Waals surface area contributed by atoms with E-state index >= 15 is 0 Å². The van der Waals surface area contributed by atoms with Crippen LogP contribution in [0.3, 0.4) is 0 Å². The zero-order valence-corrected chi connectivity index (χ0v) is 19.2. The smallest absolute Gasteiger partial charge is 0.349 e. The first-order chi connectivity index (χ1) is 15.9. The van der Waals surface area contributed by atoms with E-state index in [-0.39, 0.29) is 11.1 Å². The number of benzene rings is 3. The first kappa shape index (κ1) is 23.9. The average Bonchev–Trinajstić information content (AvgIpc) is 2.83. The van der Waals surface area contributed by atoms with Gasteiger partial charge >= 0.3 is 17.9 Å². The summed E-state index contributed by atoms with van der Waals surface area (Å²) in [6.45, 7) is 0. The molecule has 0 unspecified atom stereocenters. The third-order valence-electron chi connectivity index (χ3n) is 4.40. The molecule has 0 aliphatic carbocycles. The summed E-state index contributed by atoms with van der Waals surface area (Å²) in [6, 6.07) is 22.2. The molecular weight excluding hydrogens is 541 g/mol. The molecule has 2 N–H and O–H groups in total. The third kappa shape index (κ3) is 6.39. The van der Waals surface area contributed by atoms with Gasteiger partial charge < -0.3 is 19.9 Å². The highest BCUT2D eigenvalue weighted by Crippen LogP contribution is 2.20. The van der Waals surface area contributed by atoms with Gasteiger partial charge in [-0.3, -0.25) is 4.79 Å². The number of carbonyl (C=O) groups is 4. The van der Waals surface area contributed by atoms with Crippen LogP contribution in [-0.2, 0) is 19.1 Å². The van der Waals surface area contributed by atoms with Crippen molar-refractivity contribution in [1.29, 1.82) is 0 Å². The molecule has 0 bridgehead atoms. The molecule has 1 amide bonds. The van der Waals surface area contributed by atoms with Gasteiger partial charge in [-0.1, -0.05) is 48.5 Å². The lowest BCUT2D eigenvalue weighted by atomic mass is 10.1. The Balaban J connectivity index is 1.91. The van der Waals surface area contributed by atoms with Gasteiger partial charge in [0.05, 0.1) is 16.8 Å². The molecule has 0 saturated carbocycles. The van der Waals surface area contributed by atoms with Gasteiger partial charge in [-0.05, 0) is 59.0 Å². The Bertz CT molecular complexity index is 1150. The van der Waals surface area contributed by atoms with E-state index in [4.69, 9.17) is 9.47 Å². The Labute approximate surface area is 202 Å². The normalized spacial score (nSPS) is 12.2. The maximum absolute atomic E-state index is 13.0. The van der Waals surface area contributed by atoms with Crippen molar-refractivity contribution < 1.29 is 33.8 Å². The Morgan fingerprint density at radius 3 is 1.64 bits per heavy atom. The Morgan fingerprint density at radius 1 is 0.697 bits per heavy atom.